The van der Waals surface area contributed by atoms with Crippen molar-refractivity contribution in [3.63, 3.8) is 0 Å². The highest BCUT2D eigenvalue weighted by Crippen LogP contribution is 2.13. The fourth-order valence-electron chi connectivity index (χ4n) is 2.35. The Morgan fingerprint density at radius 3 is 2.55 bits per heavy atom. The molecule has 22 heavy (non-hydrogen) atoms. The number of aryl methyl sites for hydroxylation is 2. The molecule has 1 heterocycles. The van der Waals surface area contributed by atoms with Crippen LogP contribution < -0.4 is 0 Å². The number of hydrogen-bond donors (Lipinski definition) is 1. The number of rotatable bonds is 5. The molecule has 0 radical (unpaired) electrons. The second-order valence-electron chi connectivity index (χ2n) is 5.13. The van der Waals surface area contributed by atoms with Gasteiger partial charge in [-0.25, -0.2) is 9.48 Å². The summed E-state index contributed by atoms with van der Waals surface area (Å²) in [7, 11) is 0. The smallest absolute Gasteiger partial charge is 0.335 e. The van der Waals surface area contributed by atoms with E-state index in [-0.39, 0.29) is 5.56 Å². The van der Waals surface area contributed by atoms with Crippen LogP contribution in [0, 0.1) is 0 Å². The first kappa shape index (κ1) is 14.1. The van der Waals surface area contributed by atoms with Gasteiger partial charge >= 0.3 is 5.97 Å². The lowest BCUT2D eigenvalue weighted by Gasteiger charge is -2.02. The van der Waals surface area contributed by atoms with Crippen molar-refractivity contribution in [2.75, 3.05) is 0 Å². The van der Waals surface area contributed by atoms with Gasteiger partial charge in [0.15, 0.2) is 0 Å². The molecule has 3 aromatic rings. The van der Waals surface area contributed by atoms with E-state index in [2.05, 4.69) is 17.2 Å². The molecule has 1 aromatic heterocycles. The van der Waals surface area contributed by atoms with Gasteiger partial charge in [-0.3, -0.25) is 0 Å². The van der Waals surface area contributed by atoms with E-state index >= 15 is 0 Å². The molecule has 110 valence electrons. The maximum Gasteiger partial charge on any atom is 0.335 e. The van der Waals surface area contributed by atoms with Crippen LogP contribution in [0.5, 0.6) is 0 Å². The first-order valence-electron chi connectivity index (χ1n) is 7.13. The third-order valence-electron chi connectivity index (χ3n) is 3.54. The lowest BCUT2D eigenvalue weighted by Crippen LogP contribution is -2.00. The zero-order chi connectivity index (χ0) is 15.4. The minimum atomic E-state index is -0.932. The summed E-state index contributed by atoms with van der Waals surface area (Å²) in [5.41, 5.74) is 3.44. The molecule has 0 aliphatic rings. The molecule has 0 amide bonds. The molecule has 0 aliphatic carbocycles. The predicted molar refractivity (Wildman–Crippen MR) is 84.4 cm³/mol. The van der Waals surface area contributed by atoms with E-state index in [9.17, 15) is 4.79 Å². The van der Waals surface area contributed by atoms with Crippen LogP contribution in [0.15, 0.2) is 67.0 Å². The number of aromatic nitrogens is 2. The first-order chi connectivity index (χ1) is 10.7. The van der Waals surface area contributed by atoms with Gasteiger partial charge in [-0.1, -0.05) is 36.4 Å². The van der Waals surface area contributed by atoms with Crippen LogP contribution in [0.25, 0.3) is 5.69 Å². The molecule has 0 aliphatic heterocycles. The summed E-state index contributed by atoms with van der Waals surface area (Å²) in [4.78, 5) is 11.0. The molecule has 3 rings (SSSR count). The van der Waals surface area contributed by atoms with Gasteiger partial charge in [0.25, 0.3) is 0 Å². The van der Waals surface area contributed by atoms with E-state index in [1.54, 1.807) is 22.9 Å². The molecule has 0 fully saturated rings. The van der Waals surface area contributed by atoms with Crippen molar-refractivity contribution >= 4 is 5.97 Å². The highest BCUT2D eigenvalue weighted by molar-refractivity contribution is 5.88. The first-order valence-corrected chi connectivity index (χ1v) is 7.13. The number of carbonyl (C=O) groups is 1. The summed E-state index contributed by atoms with van der Waals surface area (Å²) in [6, 6.07) is 17.1. The average Bonchev–Trinajstić information content (AvgIpc) is 3.03. The van der Waals surface area contributed by atoms with Crippen molar-refractivity contribution in [1.82, 2.24) is 9.78 Å². The minimum absolute atomic E-state index is 0.263. The molecular weight excluding hydrogens is 276 g/mol. The normalized spacial score (nSPS) is 10.5. The largest absolute Gasteiger partial charge is 0.478 e. The number of benzene rings is 2. The summed E-state index contributed by atoms with van der Waals surface area (Å²) in [5, 5.41) is 13.4. The second kappa shape index (κ2) is 6.26. The Morgan fingerprint density at radius 2 is 1.77 bits per heavy atom. The fourth-order valence-corrected chi connectivity index (χ4v) is 2.35. The monoisotopic (exact) mass is 292 g/mol. The lowest BCUT2D eigenvalue weighted by molar-refractivity contribution is 0.0697. The molecule has 0 unspecified atom stereocenters. The molecule has 2 aromatic carbocycles. The number of carboxylic acids is 1. The van der Waals surface area contributed by atoms with Crippen molar-refractivity contribution in [1.29, 1.82) is 0 Å². The molecule has 0 saturated carbocycles. The van der Waals surface area contributed by atoms with Crippen molar-refractivity contribution in [2.45, 2.75) is 12.8 Å². The van der Waals surface area contributed by atoms with Crippen molar-refractivity contribution in [3.8, 4) is 5.69 Å². The maximum absolute atomic E-state index is 11.0. The Kier molecular flexibility index (Phi) is 4.01. The standard InChI is InChI=1S/C18H16N2O2/c21-18(22)16-7-4-8-17(11-16)20-13-15(12-19-20)10-9-14-5-2-1-3-6-14/h1-8,11-13H,9-10H2,(H,21,22). The molecule has 0 saturated heterocycles. The van der Waals surface area contributed by atoms with Crippen molar-refractivity contribution in [2.24, 2.45) is 0 Å². The van der Waals surface area contributed by atoms with E-state index in [0.29, 0.717) is 0 Å². The van der Waals surface area contributed by atoms with Gasteiger partial charge in [0.05, 0.1) is 17.4 Å². The third kappa shape index (κ3) is 3.23. The maximum atomic E-state index is 11.0. The van der Waals surface area contributed by atoms with Gasteiger partial charge in [-0.05, 0) is 42.2 Å². The molecule has 4 nitrogen and oxygen atoms in total. The van der Waals surface area contributed by atoms with E-state index in [0.717, 1.165) is 24.1 Å². The third-order valence-corrected chi connectivity index (χ3v) is 3.54. The Labute approximate surface area is 128 Å². The van der Waals surface area contributed by atoms with Gasteiger partial charge in [0, 0.05) is 6.20 Å². The zero-order valence-corrected chi connectivity index (χ0v) is 12.0. The van der Waals surface area contributed by atoms with Gasteiger partial charge in [-0.15, -0.1) is 0 Å². The second-order valence-corrected chi connectivity index (χ2v) is 5.13. The van der Waals surface area contributed by atoms with Crippen LogP contribution >= 0.6 is 0 Å². The summed E-state index contributed by atoms with van der Waals surface area (Å²) >= 11 is 0. The van der Waals surface area contributed by atoms with E-state index < -0.39 is 5.97 Å². The van der Waals surface area contributed by atoms with E-state index in [1.807, 2.05) is 36.7 Å². The Balaban J connectivity index is 1.73. The van der Waals surface area contributed by atoms with Gasteiger partial charge in [0.2, 0.25) is 0 Å². The predicted octanol–water partition coefficient (Wildman–Crippen LogP) is 3.36. The molecule has 4 heteroatoms. The fraction of sp³-hybridized carbons (Fsp3) is 0.111. The Hall–Kier alpha value is -2.88. The van der Waals surface area contributed by atoms with Crippen molar-refractivity contribution < 1.29 is 9.90 Å². The number of nitrogens with zero attached hydrogens (tertiary/aromatic N) is 2. The number of hydrogen-bond acceptors (Lipinski definition) is 2. The molecule has 0 spiro atoms. The molecule has 0 bridgehead atoms. The molecular formula is C18H16N2O2. The SMILES string of the molecule is O=C(O)c1cccc(-n2cc(CCc3ccccc3)cn2)c1. The van der Waals surface area contributed by atoms with Crippen LogP contribution in [0.1, 0.15) is 21.5 Å². The van der Waals surface area contributed by atoms with Crippen molar-refractivity contribution in [3.05, 3.63) is 83.7 Å². The lowest BCUT2D eigenvalue weighted by atomic mass is 10.1. The molecule has 1 N–H and O–H groups in total. The van der Waals surface area contributed by atoms with Crippen LogP contribution in [0.3, 0.4) is 0 Å². The average molecular weight is 292 g/mol. The molecule has 0 atom stereocenters. The van der Waals surface area contributed by atoms with Crippen LogP contribution in [-0.4, -0.2) is 20.9 Å². The quantitative estimate of drug-likeness (QED) is 0.784. The summed E-state index contributed by atoms with van der Waals surface area (Å²) in [6.45, 7) is 0. The summed E-state index contributed by atoms with van der Waals surface area (Å²) in [6.07, 6.45) is 5.64. The van der Waals surface area contributed by atoms with Gasteiger partial charge < -0.3 is 5.11 Å². The zero-order valence-electron chi connectivity index (χ0n) is 12.0. The van der Waals surface area contributed by atoms with Crippen LogP contribution in [0.2, 0.25) is 0 Å². The number of aromatic carboxylic acids is 1. The minimum Gasteiger partial charge on any atom is -0.478 e. The summed E-state index contributed by atoms with van der Waals surface area (Å²) < 4.78 is 1.72. The highest BCUT2D eigenvalue weighted by atomic mass is 16.4. The topological polar surface area (TPSA) is 55.1 Å². The summed E-state index contributed by atoms with van der Waals surface area (Å²) in [5.74, 6) is -0.932. The van der Waals surface area contributed by atoms with Crippen LogP contribution in [0.4, 0.5) is 0 Å². The van der Waals surface area contributed by atoms with E-state index in [4.69, 9.17) is 5.11 Å². The van der Waals surface area contributed by atoms with Gasteiger partial charge in [0.1, 0.15) is 0 Å². The Morgan fingerprint density at radius 1 is 1.00 bits per heavy atom. The van der Waals surface area contributed by atoms with E-state index in [1.165, 1.54) is 5.56 Å². The van der Waals surface area contributed by atoms with Gasteiger partial charge in [-0.2, -0.15) is 5.10 Å². The highest BCUT2D eigenvalue weighted by Gasteiger charge is 2.06. The number of carboxylic acid groups (broad SMARTS) is 1. The van der Waals surface area contributed by atoms with Crippen LogP contribution in [-0.2, 0) is 12.8 Å². The Bertz CT molecular complexity index is 779.